The molecule has 3 rings (SSSR count). The molecule has 1 aromatic rings. The van der Waals surface area contributed by atoms with E-state index in [1.807, 2.05) is 0 Å². The standard InChI is InChI=1S/C14H17FN2O2/c15-11-2-3-13-10(7-11)1-4-14(18)17(13)9-12-8-16-5-6-19-12/h2-3,7,12,16H,1,4-6,8-9H2. The van der Waals surface area contributed by atoms with E-state index < -0.39 is 0 Å². The summed E-state index contributed by atoms with van der Waals surface area (Å²) in [6.07, 6.45) is 1.07. The number of rotatable bonds is 2. The number of hydrogen-bond acceptors (Lipinski definition) is 3. The second kappa shape index (κ2) is 5.27. The van der Waals surface area contributed by atoms with E-state index in [9.17, 15) is 9.18 Å². The van der Waals surface area contributed by atoms with Gasteiger partial charge in [0.15, 0.2) is 0 Å². The van der Waals surface area contributed by atoms with Gasteiger partial charge in [-0.2, -0.15) is 0 Å². The van der Waals surface area contributed by atoms with Crippen molar-refractivity contribution in [1.29, 1.82) is 0 Å². The van der Waals surface area contributed by atoms with Gasteiger partial charge in [0.1, 0.15) is 5.82 Å². The third kappa shape index (κ3) is 2.62. The van der Waals surface area contributed by atoms with E-state index in [0.717, 1.165) is 24.3 Å². The summed E-state index contributed by atoms with van der Waals surface area (Å²) in [6.45, 7) is 2.81. The van der Waals surface area contributed by atoms with Crippen molar-refractivity contribution in [2.45, 2.75) is 18.9 Å². The van der Waals surface area contributed by atoms with Crippen LogP contribution in [-0.2, 0) is 16.0 Å². The zero-order chi connectivity index (χ0) is 13.2. The van der Waals surface area contributed by atoms with E-state index in [2.05, 4.69) is 5.32 Å². The molecule has 2 heterocycles. The molecule has 102 valence electrons. The minimum absolute atomic E-state index is 0.00806. The molecule has 0 bridgehead atoms. The van der Waals surface area contributed by atoms with Crippen molar-refractivity contribution < 1.29 is 13.9 Å². The highest BCUT2D eigenvalue weighted by Crippen LogP contribution is 2.28. The van der Waals surface area contributed by atoms with E-state index in [4.69, 9.17) is 4.74 Å². The van der Waals surface area contributed by atoms with E-state index in [1.165, 1.54) is 12.1 Å². The van der Waals surface area contributed by atoms with Gasteiger partial charge >= 0.3 is 0 Å². The molecule has 0 aliphatic carbocycles. The minimum atomic E-state index is -0.247. The van der Waals surface area contributed by atoms with Gasteiger partial charge in [-0.15, -0.1) is 0 Å². The maximum absolute atomic E-state index is 13.2. The van der Waals surface area contributed by atoms with Crippen molar-refractivity contribution in [2.24, 2.45) is 0 Å². The highest BCUT2D eigenvalue weighted by Gasteiger charge is 2.27. The predicted molar refractivity (Wildman–Crippen MR) is 69.7 cm³/mol. The first kappa shape index (κ1) is 12.6. The van der Waals surface area contributed by atoms with Gasteiger partial charge in [-0.1, -0.05) is 0 Å². The number of carbonyl (C=O) groups excluding carboxylic acids is 1. The van der Waals surface area contributed by atoms with Gasteiger partial charge in [0, 0.05) is 25.2 Å². The molecule has 19 heavy (non-hydrogen) atoms. The zero-order valence-corrected chi connectivity index (χ0v) is 10.7. The van der Waals surface area contributed by atoms with E-state index in [0.29, 0.717) is 26.0 Å². The first-order valence-corrected chi connectivity index (χ1v) is 6.65. The molecule has 1 fully saturated rings. The molecule has 2 aliphatic rings. The van der Waals surface area contributed by atoms with Gasteiger partial charge in [0.2, 0.25) is 5.91 Å². The lowest BCUT2D eigenvalue weighted by Crippen LogP contribution is -2.48. The molecular weight excluding hydrogens is 247 g/mol. The number of nitrogens with one attached hydrogen (secondary N) is 1. The molecule has 1 N–H and O–H groups in total. The molecule has 2 aliphatic heterocycles. The number of fused-ring (bicyclic) bond motifs is 1. The molecule has 0 saturated carbocycles. The Balaban J connectivity index is 1.82. The third-order valence-electron chi connectivity index (χ3n) is 3.63. The van der Waals surface area contributed by atoms with Crippen LogP contribution in [0, 0.1) is 5.82 Å². The van der Waals surface area contributed by atoms with Crippen LogP contribution in [0.5, 0.6) is 0 Å². The number of halogens is 1. The van der Waals surface area contributed by atoms with Crippen molar-refractivity contribution >= 4 is 11.6 Å². The monoisotopic (exact) mass is 264 g/mol. The average molecular weight is 264 g/mol. The Morgan fingerprint density at radius 2 is 2.32 bits per heavy atom. The van der Waals surface area contributed by atoms with Crippen LogP contribution in [0.2, 0.25) is 0 Å². The zero-order valence-electron chi connectivity index (χ0n) is 10.7. The number of amides is 1. The van der Waals surface area contributed by atoms with Crippen LogP contribution in [0.25, 0.3) is 0 Å². The highest BCUT2D eigenvalue weighted by atomic mass is 19.1. The maximum atomic E-state index is 13.2. The van der Waals surface area contributed by atoms with Crippen molar-refractivity contribution in [1.82, 2.24) is 5.32 Å². The van der Waals surface area contributed by atoms with Gasteiger partial charge < -0.3 is 15.0 Å². The Hall–Kier alpha value is -1.46. The smallest absolute Gasteiger partial charge is 0.227 e. The largest absolute Gasteiger partial charge is 0.374 e. The molecule has 0 aromatic heterocycles. The van der Waals surface area contributed by atoms with Crippen LogP contribution in [0.4, 0.5) is 10.1 Å². The molecular formula is C14H17FN2O2. The Labute approximate surface area is 111 Å². The fraction of sp³-hybridized carbons (Fsp3) is 0.500. The number of aryl methyl sites for hydroxylation is 1. The van der Waals surface area contributed by atoms with E-state index in [-0.39, 0.29) is 17.8 Å². The fourth-order valence-electron chi connectivity index (χ4n) is 2.67. The van der Waals surface area contributed by atoms with Crippen molar-refractivity contribution in [3.63, 3.8) is 0 Å². The molecule has 1 amide bonds. The second-order valence-corrected chi connectivity index (χ2v) is 4.97. The van der Waals surface area contributed by atoms with Crippen LogP contribution in [0.1, 0.15) is 12.0 Å². The Morgan fingerprint density at radius 3 is 3.11 bits per heavy atom. The number of morpholine rings is 1. The van der Waals surface area contributed by atoms with Gasteiger partial charge in [-0.25, -0.2) is 4.39 Å². The lowest BCUT2D eigenvalue weighted by atomic mass is 10.0. The predicted octanol–water partition coefficient (Wildman–Crippen LogP) is 1.09. The van der Waals surface area contributed by atoms with Crippen molar-refractivity contribution in [3.8, 4) is 0 Å². The van der Waals surface area contributed by atoms with Crippen LogP contribution in [-0.4, -0.2) is 38.3 Å². The molecule has 1 saturated heterocycles. The summed E-state index contributed by atoms with van der Waals surface area (Å²) in [7, 11) is 0. The van der Waals surface area contributed by atoms with Crippen LogP contribution < -0.4 is 10.2 Å². The average Bonchev–Trinajstić information content (AvgIpc) is 2.43. The highest BCUT2D eigenvalue weighted by molar-refractivity contribution is 5.96. The molecule has 0 radical (unpaired) electrons. The Morgan fingerprint density at radius 1 is 1.42 bits per heavy atom. The second-order valence-electron chi connectivity index (χ2n) is 4.97. The summed E-state index contributed by atoms with van der Waals surface area (Å²) in [5, 5.41) is 3.25. The number of benzene rings is 1. The maximum Gasteiger partial charge on any atom is 0.227 e. The number of nitrogens with zero attached hydrogens (tertiary/aromatic N) is 1. The number of carbonyl (C=O) groups is 1. The molecule has 1 aromatic carbocycles. The van der Waals surface area contributed by atoms with Crippen molar-refractivity contribution in [2.75, 3.05) is 31.1 Å². The quantitative estimate of drug-likeness (QED) is 0.869. The molecule has 0 spiro atoms. The summed E-state index contributed by atoms with van der Waals surface area (Å²) < 4.78 is 18.9. The first-order valence-electron chi connectivity index (χ1n) is 6.65. The third-order valence-corrected chi connectivity index (χ3v) is 3.63. The van der Waals surface area contributed by atoms with Gasteiger partial charge in [-0.05, 0) is 30.2 Å². The fourth-order valence-corrected chi connectivity index (χ4v) is 2.67. The number of hydrogen-bond donors (Lipinski definition) is 1. The number of ether oxygens (including phenoxy) is 1. The molecule has 1 unspecified atom stereocenters. The number of anilines is 1. The van der Waals surface area contributed by atoms with E-state index in [1.54, 1.807) is 11.0 Å². The SMILES string of the molecule is O=C1CCc2cc(F)ccc2N1CC1CNCCO1. The normalized spacial score (nSPS) is 23.3. The lowest BCUT2D eigenvalue weighted by molar-refractivity contribution is -0.119. The topological polar surface area (TPSA) is 41.6 Å². The van der Waals surface area contributed by atoms with Crippen LogP contribution in [0.3, 0.4) is 0 Å². The van der Waals surface area contributed by atoms with Gasteiger partial charge in [0.25, 0.3) is 0 Å². The van der Waals surface area contributed by atoms with Gasteiger partial charge in [-0.3, -0.25) is 4.79 Å². The minimum Gasteiger partial charge on any atom is -0.374 e. The summed E-state index contributed by atoms with van der Waals surface area (Å²) in [6, 6.07) is 4.62. The van der Waals surface area contributed by atoms with Crippen LogP contribution >= 0.6 is 0 Å². The van der Waals surface area contributed by atoms with Crippen molar-refractivity contribution in [3.05, 3.63) is 29.6 Å². The summed E-state index contributed by atoms with van der Waals surface area (Å²) in [4.78, 5) is 13.8. The molecule has 1 atom stereocenters. The molecule has 5 heteroatoms. The van der Waals surface area contributed by atoms with E-state index >= 15 is 0 Å². The first-order chi connectivity index (χ1) is 9.24. The Bertz CT molecular complexity index is 486. The Kier molecular flexibility index (Phi) is 3.48. The molecule has 4 nitrogen and oxygen atoms in total. The summed E-state index contributed by atoms with van der Waals surface area (Å²) in [5.41, 5.74) is 1.73. The summed E-state index contributed by atoms with van der Waals surface area (Å²) >= 11 is 0. The van der Waals surface area contributed by atoms with Gasteiger partial charge in [0.05, 0.1) is 19.3 Å². The summed E-state index contributed by atoms with van der Waals surface area (Å²) in [5.74, 6) is -0.156. The van der Waals surface area contributed by atoms with Crippen LogP contribution in [0.15, 0.2) is 18.2 Å². The lowest BCUT2D eigenvalue weighted by Gasteiger charge is -2.34.